The molecule has 0 aromatic heterocycles. The Kier molecular flexibility index (Phi) is 7.55. The van der Waals surface area contributed by atoms with Crippen LogP contribution >= 0.6 is 0 Å². The van der Waals surface area contributed by atoms with Crippen LogP contribution in [0.5, 0.6) is 0 Å². The number of hydrogen-bond donors (Lipinski definition) is 1. The molecule has 0 amide bonds. The summed E-state index contributed by atoms with van der Waals surface area (Å²) in [5.41, 5.74) is 5.47. The summed E-state index contributed by atoms with van der Waals surface area (Å²) in [7, 11) is 0. The minimum atomic E-state index is -0.612. The number of hydrogen-bond acceptors (Lipinski definition) is 3. The average Bonchev–Trinajstić information content (AvgIpc) is 2.96. The Morgan fingerprint density at radius 3 is 2.45 bits per heavy atom. The number of rotatable bonds is 9. The minimum absolute atomic E-state index is 0.612. The molecule has 2 N–H and O–H groups in total. The summed E-state index contributed by atoms with van der Waals surface area (Å²) in [6, 6.07) is 3.06. The van der Waals surface area contributed by atoms with E-state index in [-0.39, 0.29) is 0 Å². The zero-order chi connectivity index (χ0) is 15.0. The van der Waals surface area contributed by atoms with E-state index in [1.807, 2.05) is 6.92 Å². The van der Waals surface area contributed by atoms with Crippen LogP contribution in [0.4, 0.5) is 0 Å². The van der Waals surface area contributed by atoms with Gasteiger partial charge in [-0.15, -0.1) is 0 Å². The first-order chi connectivity index (χ1) is 9.50. The van der Waals surface area contributed by atoms with Crippen molar-refractivity contribution in [3.8, 4) is 6.07 Å². The molecule has 0 aromatic carbocycles. The number of nitrogens with zero attached hydrogens (tertiary/aromatic N) is 2. The Balaban J connectivity index is 2.41. The maximum absolute atomic E-state index is 9.15. The second-order valence-corrected chi connectivity index (χ2v) is 6.88. The maximum atomic E-state index is 9.15. The second-order valence-electron chi connectivity index (χ2n) is 6.88. The van der Waals surface area contributed by atoms with Gasteiger partial charge in [-0.25, -0.2) is 0 Å². The lowest BCUT2D eigenvalue weighted by molar-refractivity contribution is 0.181. The first-order valence-corrected chi connectivity index (χ1v) is 8.45. The van der Waals surface area contributed by atoms with Crippen LogP contribution in [0.2, 0.25) is 0 Å². The third kappa shape index (κ3) is 5.81. The lowest BCUT2D eigenvalue weighted by Crippen LogP contribution is -2.40. The summed E-state index contributed by atoms with van der Waals surface area (Å²) in [5, 5.41) is 9.15. The van der Waals surface area contributed by atoms with Crippen molar-refractivity contribution >= 4 is 0 Å². The highest BCUT2D eigenvalue weighted by Gasteiger charge is 2.25. The topological polar surface area (TPSA) is 53.1 Å². The fourth-order valence-electron chi connectivity index (χ4n) is 3.08. The first kappa shape index (κ1) is 17.5. The van der Waals surface area contributed by atoms with Crippen LogP contribution in [-0.4, -0.2) is 29.6 Å². The molecule has 116 valence electrons. The Morgan fingerprint density at radius 2 is 1.95 bits per heavy atom. The van der Waals surface area contributed by atoms with Crippen molar-refractivity contribution < 1.29 is 0 Å². The molecule has 0 heterocycles. The molecule has 1 aliphatic carbocycles. The van der Waals surface area contributed by atoms with Gasteiger partial charge in [0.1, 0.15) is 5.54 Å². The fraction of sp³-hybridized carbons (Fsp3) is 0.941. The molecule has 1 unspecified atom stereocenters. The van der Waals surface area contributed by atoms with Crippen molar-refractivity contribution in [2.24, 2.45) is 11.7 Å². The maximum Gasteiger partial charge on any atom is 0.104 e. The summed E-state index contributed by atoms with van der Waals surface area (Å²) < 4.78 is 0. The Hall–Kier alpha value is -0.590. The van der Waals surface area contributed by atoms with E-state index in [0.717, 1.165) is 37.8 Å². The molecule has 0 spiro atoms. The van der Waals surface area contributed by atoms with E-state index < -0.39 is 5.54 Å². The monoisotopic (exact) mass is 279 g/mol. The van der Waals surface area contributed by atoms with Crippen LogP contribution in [0, 0.1) is 17.2 Å². The largest absolute Gasteiger partial charge is 0.313 e. The fourth-order valence-corrected chi connectivity index (χ4v) is 3.08. The summed E-state index contributed by atoms with van der Waals surface area (Å²) in [6.07, 6.45) is 9.38. The Morgan fingerprint density at radius 1 is 1.30 bits per heavy atom. The quantitative estimate of drug-likeness (QED) is 0.700. The first-order valence-electron chi connectivity index (χ1n) is 8.45. The molecule has 0 aromatic rings. The predicted octanol–water partition coefficient (Wildman–Crippen LogP) is 3.69. The van der Waals surface area contributed by atoms with Crippen LogP contribution < -0.4 is 5.73 Å². The molecule has 0 bridgehead atoms. The van der Waals surface area contributed by atoms with Gasteiger partial charge in [-0.3, -0.25) is 0 Å². The molecule has 0 saturated heterocycles. The second kappa shape index (κ2) is 8.64. The molecular weight excluding hydrogens is 246 g/mol. The molecular formula is C17H33N3. The van der Waals surface area contributed by atoms with Gasteiger partial charge in [0.15, 0.2) is 0 Å². The summed E-state index contributed by atoms with van der Waals surface area (Å²) in [4.78, 5) is 2.67. The van der Waals surface area contributed by atoms with Gasteiger partial charge in [-0.05, 0) is 57.5 Å². The van der Waals surface area contributed by atoms with Crippen molar-refractivity contribution in [3.63, 3.8) is 0 Å². The highest BCUT2D eigenvalue weighted by molar-refractivity contribution is 5.03. The highest BCUT2D eigenvalue weighted by Crippen LogP contribution is 2.25. The van der Waals surface area contributed by atoms with Gasteiger partial charge in [0, 0.05) is 6.04 Å². The van der Waals surface area contributed by atoms with Crippen molar-refractivity contribution in [1.29, 1.82) is 5.26 Å². The van der Waals surface area contributed by atoms with Gasteiger partial charge in [0.25, 0.3) is 0 Å². The van der Waals surface area contributed by atoms with Crippen molar-refractivity contribution in [2.45, 2.75) is 83.7 Å². The summed E-state index contributed by atoms with van der Waals surface area (Å²) in [5.74, 6) is 0.766. The van der Waals surface area contributed by atoms with E-state index in [9.17, 15) is 0 Å². The highest BCUT2D eigenvalue weighted by atomic mass is 15.2. The zero-order valence-electron chi connectivity index (χ0n) is 13.7. The molecule has 0 aliphatic heterocycles. The van der Waals surface area contributed by atoms with Gasteiger partial charge in [-0.1, -0.05) is 33.6 Å². The Bertz CT molecular complexity index is 302. The van der Waals surface area contributed by atoms with Crippen LogP contribution in [0.15, 0.2) is 0 Å². The van der Waals surface area contributed by atoms with Gasteiger partial charge in [-0.2, -0.15) is 5.26 Å². The molecule has 1 rings (SSSR count). The third-order valence-corrected chi connectivity index (χ3v) is 4.76. The van der Waals surface area contributed by atoms with E-state index in [1.165, 1.54) is 38.6 Å². The van der Waals surface area contributed by atoms with Crippen LogP contribution in [0.25, 0.3) is 0 Å². The molecule has 1 fully saturated rings. The average molecular weight is 279 g/mol. The van der Waals surface area contributed by atoms with Crippen molar-refractivity contribution in [2.75, 3.05) is 13.1 Å². The molecule has 1 aliphatic rings. The van der Waals surface area contributed by atoms with Gasteiger partial charge in [0.2, 0.25) is 0 Å². The molecule has 1 saturated carbocycles. The zero-order valence-corrected chi connectivity index (χ0v) is 13.7. The molecule has 20 heavy (non-hydrogen) atoms. The van der Waals surface area contributed by atoms with Crippen LogP contribution in [-0.2, 0) is 0 Å². The normalized spacial score (nSPS) is 19.4. The third-order valence-electron chi connectivity index (χ3n) is 4.76. The lowest BCUT2D eigenvalue weighted by Gasteiger charge is -2.30. The summed E-state index contributed by atoms with van der Waals surface area (Å²) >= 11 is 0. The van der Waals surface area contributed by atoms with E-state index >= 15 is 0 Å². The van der Waals surface area contributed by atoms with Gasteiger partial charge < -0.3 is 10.6 Å². The van der Waals surface area contributed by atoms with E-state index in [4.69, 9.17) is 11.0 Å². The van der Waals surface area contributed by atoms with E-state index in [0.29, 0.717) is 0 Å². The minimum Gasteiger partial charge on any atom is -0.313 e. The van der Waals surface area contributed by atoms with Gasteiger partial charge in [0.05, 0.1) is 6.07 Å². The molecule has 3 nitrogen and oxygen atoms in total. The predicted molar refractivity (Wildman–Crippen MR) is 85.3 cm³/mol. The smallest absolute Gasteiger partial charge is 0.104 e. The SMILES string of the molecule is CCC(N)(C#N)CCCN(CCC(C)C)C1CCCC1. The number of nitrogens with two attached hydrogens (primary N) is 1. The van der Waals surface area contributed by atoms with Gasteiger partial charge >= 0.3 is 0 Å². The van der Waals surface area contributed by atoms with Crippen molar-refractivity contribution in [3.05, 3.63) is 0 Å². The number of nitriles is 1. The van der Waals surface area contributed by atoms with Crippen LogP contribution in [0.3, 0.4) is 0 Å². The molecule has 1 atom stereocenters. The Labute approximate surface area is 125 Å². The summed E-state index contributed by atoms with van der Waals surface area (Å²) in [6.45, 7) is 8.92. The lowest BCUT2D eigenvalue weighted by atomic mass is 9.93. The van der Waals surface area contributed by atoms with E-state index in [1.54, 1.807) is 0 Å². The standard InChI is InChI=1S/C17H33N3/c1-4-17(19,14-18)11-7-12-20(13-10-15(2)3)16-8-5-6-9-16/h15-16H,4-13,19H2,1-3H3. The molecule has 3 heteroatoms. The molecule has 0 radical (unpaired) electrons. The van der Waals surface area contributed by atoms with Crippen LogP contribution in [0.1, 0.15) is 72.1 Å². The van der Waals surface area contributed by atoms with E-state index in [2.05, 4.69) is 24.8 Å². The van der Waals surface area contributed by atoms with Crippen molar-refractivity contribution in [1.82, 2.24) is 4.90 Å².